The SMILES string of the molecule is Cc1cc(C)n2nc(C(=O)N3CC[C@@H](Oc4cnccn4)C3)nc2n1. The molecular formula is C16H17N7O2. The first kappa shape index (κ1) is 15.4. The van der Waals surface area contributed by atoms with Crippen molar-refractivity contribution in [2.75, 3.05) is 13.1 Å². The summed E-state index contributed by atoms with van der Waals surface area (Å²) < 4.78 is 7.35. The first-order valence-electron chi connectivity index (χ1n) is 8.03. The smallest absolute Gasteiger partial charge is 0.293 e. The number of rotatable bonds is 3. The van der Waals surface area contributed by atoms with Gasteiger partial charge in [0, 0.05) is 36.7 Å². The Morgan fingerprint density at radius 2 is 2.16 bits per heavy atom. The van der Waals surface area contributed by atoms with Crippen LogP contribution in [0.3, 0.4) is 0 Å². The van der Waals surface area contributed by atoms with E-state index in [-0.39, 0.29) is 17.8 Å². The molecule has 1 aliphatic rings. The highest BCUT2D eigenvalue weighted by Gasteiger charge is 2.30. The molecule has 0 unspecified atom stereocenters. The van der Waals surface area contributed by atoms with Crippen LogP contribution in [0.4, 0.5) is 0 Å². The first-order valence-corrected chi connectivity index (χ1v) is 8.03. The van der Waals surface area contributed by atoms with Crippen molar-refractivity contribution in [3.05, 3.63) is 41.9 Å². The lowest BCUT2D eigenvalue weighted by Gasteiger charge is -2.15. The van der Waals surface area contributed by atoms with Gasteiger partial charge in [-0.25, -0.2) is 14.5 Å². The number of ether oxygens (including phenoxy) is 1. The van der Waals surface area contributed by atoms with E-state index in [1.807, 2.05) is 19.9 Å². The van der Waals surface area contributed by atoms with Crippen LogP contribution in [0.15, 0.2) is 24.7 Å². The number of aromatic nitrogens is 6. The van der Waals surface area contributed by atoms with Crippen molar-refractivity contribution in [2.45, 2.75) is 26.4 Å². The molecule has 9 nitrogen and oxygen atoms in total. The van der Waals surface area contributed by atoms with Crippen molar-refractivity contribution in [3.8, 4) is 5.88 Å². The number of hydrogen-bond donors (Lipinski definition) is 0. The van der Waals surface area contributed by atoms with Crippen LogP contribution in [-0.4, -0.2) is 59.6 Å². The van der Waals surface area contributed by atoms with Crippen molar-refractivity contribution in [2.24, 2.45) is 0 Å². The maximum atomic E-state index is 12.7. The molecule has 4 heterocycles. The molecule has 9 heteroatoms. The molecule has 0 aliphatic carbocycles. The summed E-state index contributed by atoms with van der Waals surface area (Å²) in [5.74, 6) is 0.838. The van der Waals surface area contributed by atoms with E-state index in [0.717, 1.165) is 17.8 Å². The summed E-state index contributed by atoms with van der Waals surface area (Å²) in [6, 6.07) is 1.90. The van der Waals surface area contributed by atoms with Gasteiger partial charge in [-0.1, -0.05) is 0 Å². The summed E-state index contributed by atoms with van der Waals surface area (Å²) in [5.41, 5.74) is 1.73. The Bertz CT molecular complexity index is 925. The van der Waals surface area contributed by atoms with Gasteiger partial charge >= 0.3 is 0 Å². The molecule has 0 spiro atoms. The van der Waals surface area contributed by atoms with E-state index in [0.29, 0.717) is 24.7 Å². The van der Waals surface area contributed by atoms with Gasteiger partial charge in [-0.15, -0.1) is 5.10 Å². The monoisotopic (exact) mass is 339 g/mol. The van der Waals surface area contributed by atoms with E-state index < -0.39 is 0 Å². The average Bonchev–Trinajstić information content (AvgIpc) is 3.22. The van der Waals surface area contributed by atoms with Gasteiger partial charge < -0.3 is 9.64 Å². The molecule has 1 saturated heterocycles. The van der Waals surface area contributed by atoms with Gasteiger partial charge in [0.15, 0.2) is 0 Å². The van der Waals surface area contributed by atoms with Crippen molar-refractivity contribution < 1.29 is 9.53 Å². The van der Waals surface area contributed by atoms with E-state index in [9.17, 15) is 4.79 Å². The highest BCUT2D eigenvalue weighted by atomic mass is 16.5. The van der Waals surface area contributed by atoms with E-state index in [2.05, 4.69) is 25.0 Å². The van der Waals surface area contributed by atoms with Crippen LogP contribution in [0.25, 0.3) is 5.78 Å². The number of nitrogens with zero attached hydrogens (tertiary/aromatic N) is 7. The molecule has 1 atom stereocenters. The number of carbonyl (C=O) groups excluding carboxylic acids is 1. The topological polar surface area (TPSA) is 98.4 Å². The molecule has 1 fully saturated rings. The van der Waals surface area contributed by atoms with E-state index >= 15 is 0 Å². The van der Waals surface area contributed by atoms with Crippen LogP contribution in [0, 0.1) is 13.8 Å². The zero-order valence-electron chi connectivity index (χ0n) is 14.0. The molecular weight excluding hydrogens is 322 g/mol. The van der Waals surface area contributed by atoms with Crippen LogP contribution < -0.4 is 4.74 Å². The number of fused-ring (bicyclic) bond motifs is 1. The molecule has 0 radical (unpaired) electrons. The number of aryl methyl sites for hydroxylation is 2. The quantitative estimate of drug-likeness (QED) is 0.697. The summed E-state index contributed by atoms with van der Waals surface area (Å²) in [7, 11) is 0. The van der Waals surface area contributed by atoms with Crippen LogP contribution in [0.2, 0.25) is 0 Å². The largest absolute Gasteiger partial charge is 0.471 e. The van der Waals surface area contributed by atoms with E-state index in [1.165, 1.54) is 0 Å². The third-order valence-corrected chi connectivity index (χ3v) is 4.07. The summed E-state index contributed by atoms with van der Waals surface area (Å²) in [5, 5.41) is 4.30. The maximum Gasteiger partial charge on any atom is 0.293 e. The fourth-order valence-corrected chi connectivity index (χ4v) is 2.92. The Labute approximate surface area is 143 Å². The fraction of sp³-hybridized carbons (Fsp3) is 0.375. The van der Waals surface area contributed by atoms with Gasteiger partial charge in [0.05, 0.1) is 12.7 Å². The van der Waals surface area contributed by atoms with Crippen LogP contribution in [0.1, 0.15) is 28.4 Å². The molecule has 3 aromatic rings. The van der Waals surface area contributed by atoms with Crippen molar-refractivity contribution >= 4 is 11.7 Å². The lowest BCUT2D eigenvalue weighted by atomic mass is 10.3. The minimum Gasteiger partial charge on any atom is -0.471 e. The molecule has 128 valence electrons. The second-order valence-corrected chi connectivity index (χ2v) is 6.01. The Kier molecular flexibility index (Phi) is 3.75. The number of carbonyl (C=O) groups is 1. The van der Waals surface area contributed by atoms with Gasteiger partial charge in [-0.3, -0.25) is 9.78 Å². The Morgan fingerprint density at radius 1 is 1.28 bits per heavy atom. The molecule has 4 rings (SSSR count). The predicted octanol–water partition coefficient (Wildman–Crippen LogP) is 0.825. The van der Waals surface area contributed by atoms with Gasteiger partial charge in [-0.2, -0.15) is 4.98 Å². The predicted molar refractivity (Wildman–Crippen MR) is 87.2 cm³/mol. The van der Waals surface area contributed by atoms with Gasteiger partial charge in [0.2, 0.25) is 11.7 Å². The summed E-state index contributed by atoms with van der Waals surface area (Å²) in [6.45, 7) is 4.85. The molecule has 0 bridgehead atoms. The maximum absolute atomic E-state index is 12.7. The third-order valence-electron chi connectivity index (χ3n) is 4.07. The lowest BCUT2D eigenvalue weighted by Crippen LogP contribution is -2.31. The molecule has 25 heavy (non-hydrogen) atoms. The second kappa shape index (κ2) is 6.08. The Balaban J connectivity index is 1.49. The summed E-state index contributed by atoms with van der Waals surface area (Å²) >= 11 is 0. The van der Waals surface area contributed by atoms with Gasteiger partial charge in [0.1, 0.15) is 6.10 Å². The zero-order chi connectivity index (χ0) is 17.4. The molecule has 0 aromatic carbocycles. The second-order valence-electron chi connectivity index (χ2n) is 6.01. The van der Waals surface area contributed by atoms with Crippen LogP contribution in [-0.2, 0) is 0 Å². The third kappa shape index (κ3) is 3.00. The summed E-state index contributed by atoms with van der Waals surface area (Å²) in [6.07, 6.45) is 5.34. The zero-order valence-corrected chi connectivity index (χ0v) is 14.0. The molecule has 1 amide bonds. The van der Waals surface area contributed by atoms with E-state index in [1.54, 1.807) is 28.0 Å². The minimum atomic E-state index is -0.215. The normalized spacial score (nSPS) is 17.2. The van der Waals surface area contributed by atoms with E-state index in [4.69, 9.17) is 4.74 Å². The number of amides is 1. The summed E-state index contributed by atoms with van der Waals surface area (Å²) in [4.78, 5) is 31.0. The van der Waals surface area contributed by atoms with Crippen molar-refractivity contribution in [3.63, 3.8) is 0 Å². The fourth-order valence-electron chi connectivity index (χ4n) is 2.92. The highest BCUT2D eigenvalue weighted by molar-refractivity contribution is 5.91. The van der Waals surface area contributed by atoms with Gasteiger partial charge in [0.25, 0.3) is 11.7 Å². The highest BCUT2D eigenvalue weighted by Crippen LogP contribution is 2.17. The molecule has 0 saturated carbocycles. The van der Waals surface area contributed by atoms with Crippen molar-refractivity contribution in [1.82, 2.24) is 34.4 Å². The van der Waals surface area contributed by atoms with Crippen molar-refractivity contribution in [1.29, 1.82) is 0 Å². The standard InChI is InChI=1S/C16H17N7O2/c1-10-7-11(2)23-16(19-10)20-14(21-23)15(24)22-6-3-12(9-22)25-13-8-17-4-5-18-13/h4-5,7-8,12H,3,6,9H2,1-2H3/t12-/m1/s1. The minimum absolute atomic E-state index is 0.111. The molecule has 1 aliphatic heterocycles. The molecule has 0 N–H and O–H groups in total. The Morgan fingerprint density at radius 3 is 2.96 bits per heavy atom. The lowest BCUT2D eigenvalue weighted by molar-refractivity contribution is 0.0759. The van der Waals surface area contributed by atoms with Crippen LogP contribution in [0.5, 0.6) is 5.88 Å². The average molecular weight is 339 g/mol. The Hall–Kier alpha value is -3.10. The van der Waals surface area contributed by atoms with Crippen LogP contribution >= 0.6 is 0 Å². The molecule has 3 aromatic heterocycles. The number of likely N-dealkylation sites (tertiary alicyclic amines) is 1. The number of hydrogen-bond acceptors (Lipinski definition) is 7. The van der Waals surface area contributed by atoms with Gasteiger partial charge in [-0.05, 0) is 19.9 Å². The first-order chi connectivity index (χ1) is 12.1.